The number of esters is 1. The molecule has 0 aliphatic rings. The number of nitrogens with one attached hydrogen (secondary N) is 2. The van der Waals surface area contributed by atoms with Crippen molar-refractivity contribution >= 4 is 101 Å². The lowest BCUT2D eigenvalue weighted by atomic mass is 10.2. The number of fused-ring (bicyclic) bond motifs is 2. The number of carbonyl (C=O) groups excluding carboxylic acids is 3. The summed E-state index contributed by atoms with van der Waals surface area (Å²) in [6, 6.07) is 22.6. The van der Waals surface area contributed by atoms with E-state index in [-0.39, 0.29) is 39.6 Å². The monoisotopic (exact) mass is 732 g/mol. The minimum atomic E-state index is -0.752. The zero-order valence-corrected chi connectivity index (χ0v) is 28.3. The van der Waals surface area contributed by atoms with E-state index in [2.05, 4.69) is 15.8 Å². The van der Waals surface area contributed by atoms with Gasteiger partial charge in [0, 0.05) is 43.6 Å². The van der Waals surface area contributed by atoms with E-state index < -0.39 is 16.8 Å². The van der Waals surface area contributed by atoms with E-state index in [0.717, 1.165) is 21.4 Å². The molecule has 0 saturated heterocycles. The van der Waals surface area contributed by atoms with Crippen molar-refractivity contribution in [3.8, 4) is 11.5 Å². The zero-order valence-electron chi connectivity index (χ0n) is 25.2. The third-order valence-corrected chi connectivity index (χ3v) is 10.3. The number of nitro groups is 1. The summed E-state index contributed by atoms with van der Waals surface area (Å²) in [7, 11) is 0. The summed E-state index contributed by atoms with van der Waals surface area (Å²) < 4.78 is 12.6. The highest BCUT2D eigenvalue weighted by Gasteiger charge is 2.22. The second-order valence-corrected chi connectivity index (χ2v) is 13.0. The van der Waals surface area contributed by atoms with Crippen molar-refractivity contribution in [3.05, 3.63) is 126 Å². The highest BCUT2D eigenvalue weighted by atomic mass is 35.5. The average Bonchev–Trinajstić information content (AvgIpc) is 3.62. The number of nitro benzene ring substituents is 1. The van der Waals surface area contributed by atoms with Crippen LogP contribution in [-0.2, 0) is 0 Å². The highest BCUT2D eigenvalue weighted by Crippen LogP contribution is 2.39. The maximum Gasteiger partial charge on any atom is 0.355 e. The van der Waals surface area contributed by atoms with Crippen LogP contribution in [0.3, 0.4) is 0 Å². The lowest BCUT2D eigenvalue weighted by Gasteiger charge is -2.11. The smallest absolute Gasteiger partial charge is 0.355 e. The van der Waals surface area contributed by atoms with Crippen molar-refractivity contribution in [2.24, 2.45) is 5.10 Å². The van der Waals surface area contributed by atoms with Crippen LogP contribution < -0.4 is 20.2 Å². The summed E-state index contributed by atoms with van der Waals surface area (Å²) in [5.41, 5.74) is 3.66. The molecule has 0 spiro atoms. The number of hydrazone groups is 1. The fourth-order valence-electron chi connectivity index (χ4n) is 4.69. The number of anilines is 1. The summed E-state index contributed by atoms with van der Waals surface area (Å²) >= 11 is 15.1. The fourth-order valence-corrected chi connectivity index (χ4v) is 7.52. The van der Waals surface area contributed by atoms with E-state index >= 15 is 0 Å². The van der Waals surface area contributed by atoms with Gasteiger partial charge in [0.15, 0.2) is 11.5 Å². The topological polar surface area (TPSA) is 149 Å². The van der Waals surface area contributed by atoms with Crippen molar-refractivity contribution in [2.75, 3.05) is 11.9 Å². The number of thiophene rings is 2. The van der Waals surface area contributed by atoms with E-state index in [1.54, 1.807) is 43.3 Å². The Labute approximate surface area is 295 Å². The number of halogens is 2. The number of benzene rings is 4. The number of hydrogen-bond donors (Lipinski definition) is 2. The lowest BCUT2D eigenvalue weighted by Crippen LogP contribution is -2.17. The first-order valence-electron chi connectivity index (χ1n) is 14.4. The van der Waals surface area contributed by atoms with Crippen molar-refractivity contribution in [1.82, 2.24) is 5.43 Å². The molecule has 2 aromatic heterocycles. The van der Waals surface area contributed by atoms with Crippen LogP contribution in [0.1, 0.15) is 42.2 Å². The predicted molar refractivity (Wildman–Crippen MR) is 192 cm³/mol. The molecule has 2 heterocycles. The molecule has 6 aromatic rings. The Morgan fingerprint density at radius 1 is 0.857 bits per heavy atom. The Bertz CT molecular complexity index is 2300. The van der Waals surface area contributed by atoms with Crippen LogP contribution in [0.5, 0.6) is 11.5 Å². The molecular formula is C34H22Cl2N4O7S2. The van der Waals surface area contributed by atoms with Crippen LogP contribution in [0.4, 0.5) is 11.4 Å². The van der Waals surface area contributed by atoms with E-state index in [0.29, 0.717) is 36.8 Å². The molecule has 6 rings (SSSR count). The number of carbonyl (C=O) groups is 3. The molecule has 0 unspecified atom stereocenters. The maximum absolute atomic E-state index is 13.0. The molecule has 246 valence electrons. The maximum atomic E-state index is 13.0. The molecule has 0 radical (unpaired) electrons. The molecule has 0 fully saturated rings. The standard InChI is InChI=1S/C34H22Cl2N4O7S2/c1-2-46-25-15-18(7-14-24(25)47-34(43)31-29(36)23-13-12-21(40(44)45)16-27(23)49-31)17-37-39-32(41)19-8-10-20(11-9-19)38-33(42)30-28(35)22-5-3-4-6-26(22)48-30/h3-17H,2H2,1H3,(H,38,42)(H,39,41)/b37-17-. The average molecular weight is 734 g/mol. The Hall–Kier alpha value is -5.34. The second kappa shape index (κ2) is 14.4. The first-order valence-corrected chi connectivity index (χ1v) is 16.8. The summed E-state index contributed by atoms with van der Waals surface area (Å²) in [5, 5.41) is 19.8. The first-order chi connectivity index (χ1) is 23.6. The van der Waals surface area contributed by atoms with Gasteiger partial charge in [0.25, 0.3) is 17.5 Å². The highest BCUT2D eigenvalue weighted by molar-refractivity contribution is 7.22. The first kappa shape index (κ1) is 33.6. The molecule has 2 amide bonds. The third-order valence-electron chi connectivity index (χ3n) is 7.01. The zero-order chi connectivity index (χ0) is 34.7. The van der Waals surface area contributed by atoms with Crippen molar-refractivity contribution in [2.45, 2.75) is 6.92 Å². The van der Waals surface area contributed by atoms with Gasteiger partial charge in [-0.3, -0.25) is 19.7 Å². The van der Waals surface area contributed by atoms with Gasteiger partial charge in [-0.15, -0.1) is 22.7 Å². The number of rotatable bonds is 10. The minimum Gasteiger partial charge on any atom is -0.490 e. The molecule has 15 heteroatoms. The van der Waals surface area contributed by atoms with Gasteiger partial charge in [0.1, 0.15) is 9.75 Å². The number of non-ortho nitro benzene ring substituents is 1. The van der Waals surface area contributed by atoms with Crippen LogP contribution in [0.25, 0.3) is 20.2 Å². The SMILES string of the molecule is CCOc1cc(/C=N\NC(=O)c2ccc(NC(=O)c3sc4ccccc4c3Cl)cc2)ccc1OC(=O)c1sc2cc([N+](=O)[O-])ccc2c1Cl. The largest absolute Gasteiger partial charge is 0.490 e. The third kappa shape index (κ3) is 7.25. The van der Waals surface area contributed by atoms with Gasteiger partial charge >= 0.3 is 5.97 Å². The molecule has 0 atom stereocenters. The summed E-state index contributed by atoms with van der Waals surface area (Å²) in [4.78, 5) is 49.7. The quantitative estimate of drug-likeness (QED) is 0.0469. The van der Waals surface area contributed by atoms with E-state index in [9.17, 15) is 24.5 Å². The van der Waals surface area contributed by atoms with Gasteiger partial charge in [-0.25, -0.2) is 10.2 Å². The molecule has 11 nitrogen and oxygen atoms in total. The lowest BCUT2D eigenvalue weighted by molar-refractivity contribution is -0.384. The molecular weight excluding hydrogens is 711 g/mol. The fraction of sp³-hybridized carbons (Fsp3) is 0.0588. The number of hydrogen-bond acceptors (Lipinski definition) is 10. The van der Waals surface area contributed by atoms with Gasteiger partial charge < -0.3 is 14.8 Å². The molecule has 0 saturated carbocycles. The van der Waals surface area contributed by atoms with E-state index in [1.807, 2.05) is 24.3 Å². The summed E-state index contributed by atoms with van der Waals surface area (Å²) in [6.07, 6.45) is 1.39. The molecule has 0 bridgehead atoms. The minimum absolute atomic E-state index is 0.0870. The van der Waals surface area contributed by atoms with Crippen LogP contribution >= 0.6 is 45.9 Å². The molecule has 4 aromatic carbocycles. The normalized spacial score (nSPS) is 11.2. The number of ether oxygens (including phenoxy) is 2. The van der Waals surface area contributed by atoms with Gasteiger partial charge in [-0.1, -0.05) is 41.4 Å². The van der Waals surface area contributed by atoms with E-state index in [1.165, 1.54) is 41.8 Å². The molecule has 2 N–H and O–H groups in total. The predicted octanol–water partition coefficient (Wildman–Crippen LogP) is 8.97. The van der Waals surface area contributed by atoms with Crippen LogP contribution in [0.15, 0.2) is 90.0 Å². The van der Waals surface area contributed by atoms with E-state index in [4.69, 9.17) is 32.7 Å². The van der Waals surface area contributed by atoms with Gasteiger partial charge in [0.05, 0.1) is 27.8 Å². The van der Waals surface area contributed by atoms with Crippen LogP contribution in [0.2, 0.25) is 10.0 Å². The van der Waals surface area contributed by atoms with Crippen molar-refractivity contribution in [3.63, 3.8) is 0 Å². The Morgan fingerprint density at radius 3 is 2.31 bits per heavy atom. The molecule has 49 heavy (non-hydrogen) atoms. The number of amides is 2. The molecule has 0 aliphatic carbocycles. The Balaban J connectivity index is 1.08. The second-order valence-electron chi connectivity index (χ2n) is 10.2. The Kier molecular flexibility index (Phi) is 9.87. The van der Waals surface area contributed by atoms with Gasteiger partial charge in [-0.2, -0.15) is 5.10 Å². The van der Waals surface area contributed by atoms with Gasteiger partial charge in [0.2, 0.25) is 0 Å². The molecule has 0 aliphatic heterocycles. The summed E-state index contributed by atoms with van der Waals surface area (Å²) in [6.45, 7) is 2.03. The van der Waals surface area contributed by atoms with Crippen molar-refractivity contribution < 1.29 is 28.8 Å². The number of nitrogens with zero attached hydrogens (tertiary/aromatic N) is 2. The summed E-state index contributed by atoms with van der Waals surface area (Å²) in [5.74, 6) is -1.22. The van der Waals surface area contributed by atoms with Crippen molar-refractivity contribution in [1.29, 1.82) is 0 Å². The van der Waals surface area contributed by atoms with Gasteiger partial charge in [-0.05, 0) is 67.1 Å². The van der Waals surface area contributed by atoms with Crippen LogP contribution in [-0.4, -0.2) is 35.5 Å². The van der Waals surface area contributed by atoms with Crippen LogP contribution in [0, 0.1) is 10.1 Å². The Morgan fingerprint density at radius 2 is 1.57 bits per heavy atom.